The lowest BCUT2D eigenvalue weighted by Crippen LogP contribution is -2.24. The van der Waals surface area contributed by atoms with Crippen LogP contribution in [0.15, 0.2) is 71.1 Å². The Hall–Kier alpha value is -1.91. The molecule has 0 saturated heterocycles. The number of allylic oxidation sites excluding steroid dienone is 1. The second-order valence-corrected chi connectivity index (χ2v) is 10.1. The molecule has 0 unspecified atom stereocenters. The van der Waals surface area contributed by atoms with Crippen LogP contribution in [0, 0.1) is 12.3 Å². The lowest BCUT2D eigenvalue weighted by Gasteiger charge is -2.25. The molecule has 2 rings (SSSR count). The second kappa shape index (κ2) is 10.0. The molecule has 28 heavy (non-hydrogen) atoms. The van der Waals surface area contributed by atoms with Crippen LogP contribution in [0.1, 0.15) is 51.2 Å². The van der Waals surface area contributed by atoms with E-state index in [0.717, 1.165) is 24.8 Å². The largest absolute Gasteiger partial charge is 0.240 e. The van der Waals surface area contributed by atoms with Gasteiger partial charge in [0.15, 0.2) is 0 Å². The lowest BCUT2D eigenvalue weighted by atomic mass is 9.80. The summed E-state index contributed by atoms with van der Waals surface area (Å²) in [5.74, 6) is 0. The van der Waals surface area contributed by atoms with E-state index in [9.17, 15) is 8.42 Å². The van der Waals surface area contributed by atoms with Gasteiger partial charge in [0.2, 0.25) is 10.0 Å². The molecule has 0 radical (unpaired) electrons. The van der Waals surface area contributed by atoms with Crippen LogP contribution in [-0.2, 0) is 16.4 Å². The molecule has 0 fully saturated rings. The van der Waals surface area contributed by atoms with E-state index in [2.05, 4.69) is 61.9 Å². The first-order chi connectivity index (χ1) is 13.2. The van der Waals surface area contributed by atoms with E-state index in [1.54, 1.807) is 12.1 Å². The third kappa shape index (κ3) is 7.61. The molecule has 2 aromatic rings. The van der Waals surface area contributed by atoms with E-state index < -0.39 is 10.0 Å². The van der Waals surface area contributed by atoms with Crippen LogP contribution in [0.2, 0.25) is 0 Å². The van der Waals surface area contributed by atoms with Crippen molar-refractivity contribution in [2.75, 3.05) is 6.54 Å². The third-order valence-corrected chi connectivity index (χ3v) is 6.43. The van der Waals surface area contributed by atoms with Crippen molar-refractivity contribution in [2.24, 2.45) is 5.41 Å². The summed E-state index contributed by atoms with van der Waals surface area (Å²) in [6, 6.07) is 17.5. The smallest absolute Gasteiger partial charge is 0.211 e. The van der Waals surface area contributed by atoms with Gasteiger partial charge >= 0.3 is 0 Å². The van der Waals surface area contributed by atoms with E-state index in [1.807, 2.05) is 19.1 Å². The molecular weight excluding hydrogens is 366 g/mol. The van der Waals surface area contributed by atoms with Crippen LogP contribution in [0.5, 0.6) is 0 Å². The van der Waals surface area contributed by atoms with Crippen molar-refractivity contribution >= 4 is 10.0 Å². The normalized spacial score (nSPS) is 12.9. The molecule has 0 aliphatic heterocycles. The molecule has 0 atom stereocenters. The Kier molecular flexibility index (Phi) is 8.02. The molecule has 4 heteroatoms. The summed E-state index contributed by atoms with van der Waals surface area (Å²) in [7, 11) is -3.43. The van der Waals surface area contributed by atoms with Crippen molar-refractivity contribution in [1.29, 1.82) is 0 Å². The van der Waals surface area contributed by atoms with Crippen molar-refractivity contribution in [3.8, 4) is 0 Å². The molecule has 0 heterocycles. The minimum Gasteiger partial charge on any atom is -0.211 e. The van der Waals surface area contributed by atoms with E-state index in [0.29, 0.717) is 17.9 Å². The maximum atomic E-state index is 12.3. The number of aryl methyl sites for hydroxylation is 2. The fourth-order valence-electron chi connectivity index (χ4n) is 3.36. The molecule has 1 N–H and O–H groups in total. The van der Waals surface area contributed by atoms with Crippen LogP contribution in [-0.4, -0.2) is 15.0 Å². The number of hydrogen-bond donors (Lipinski definition) is 1. The van der Waals surface area contributed by atoms with E-state index in [-0.39, 0.29) is 5.41 Å². The Bertz CT molecular complexity index is 867. The van der Waals surface area contributed by atoms with Crippen molar-refractivity contribution in [3.63, 3.8) is 0 Å². The fourth-order valence-corrected chi connectivity index (χ4v) is 4.40. The van der Waals surface area contributed by atoms with Crippen molar-refractivity contribution in [3.05, 3.63) is 77.4 Å². The number of benzene rings is 2. The second-order valence-electron chi connectivity index (χ2n) is 8.38. The summed E-state index contributed by atoms with van der Waals surface area (Å²) in [5.41, 5.74) is 3.96. The standard InChI is InChI=1S/C24H33NO2S/c1-20-12-14-23(15-13-20)28(26,27)25-18-8-9-21(2)19-24(3,4)17-16-22-10-6-5-7-11-22/h5-7,9-15,25H,8,16-19H2,1-4H3/b21-9+. The van der Waals surface area contributed by atoms with E-state index >= 15 is 0 Å². The maximum Gasteiger partial charge on any atom is 0.240 e. The zero-order valence-electron chi connectivity index (χ0n) is 17.5. The third-order valence-electron chi connectivity index (χ3n) is 4.95. The van der Waals surface area contributed by atoms with Crippen LogP contribution in [0.25, 0.3) is 0 Å². The summed E-state index contributed by atoms with van der Waals surface area (Å²) in [6.07, 6.45) is 6.08. The fraction of sp³-hybridized carbons (Fsp3) is 0.417. The van der Waals surface area contributed by atoms with Gasteiger partial charge in [0.25, 0.3) is 0 Å². The predicted octanol–water partition coefficient (Wildman–Crippen LogP) is 5.66. The average Bonchev–Trinajstić information content (AvgIpc) is 2.65. The average molecular weight is 400 g/mol. The quantitative estimate of drug-likeness (QED) is 0.414. The van der Waals surface area contributed by atoms with Crippen molar-refractivity contribution < 1.29 is 8.42 Å². The van der Waals surface area contributed by atoms with Gasteiger partial charge in [0.1, 0.15) is 0 Å². The molecule has 0 bridgehead atoms. The zero-order valence-corrected chi connectivity index (χ0v) is 18.4. The molecule has 2 aromatic carbocycles. The Labute approximate surface area is 170 Å². The molecule has 0 spiro atoms. The van der Waals surface area contributed by atoms with E-state index in [1.165, 1.54) is 11.1 Å². The summed E-state index contributed by atoms with van der Waals surface area (Å²) in [6.45, 7) is 9.09. The SMILES string of the molecule is C/C(=C\CCNS(=O)(=O)c1ccc(C)cc1)CC(C)(C)CCc1ccccc1. The van der Waals surface area contributed by atoms with Crippen molar-refractivity contribution in [2.45, 2.75) is 58.3 Å². The molecule has 3 nitrogen and oxygen atoms in total. The number of sulfonamides is 1. The highest BCUT2D eigenvalue weighted by Crippen LogP contribution is 2.30. The Morgan fingerprint density at radius 1 is 1.04 bits per heavy atom. The van der Waals surface area contributed by atoms with Gasteiger partial charge in [-0.05, 0) is 62.6 Å². The molecule has 0 amide bonds. The number of nitrogens with one attached hydrogen (secondary N) is 1. The highest BCUT2D eigenvalue weighted by atomic mass is 32.2. The summed E-state index contributed by atoms with van der Waals surface area (Å²) in [5, 5.41) is 0. The maximum absolute atomic E-state index is 12.3. The Morgan fingerprint density at radius 2 is 1.68 bits per heavy atom. The van der Waals surface area contributed by atoms with Gasteiger partial charge in [-0.15, -0.1) is 0 Å². The van der Waals surface area contributed by atoms with Crippen LogP contribution >= 0.6 is 0 Å². The van der Waals surface area contributed by atoms with Crippen LogP contribution < -0.4 is 4.72 Å². The molecule has 0 saturated carbocycles. The van der Waals surface area contributed by atoms with Crippen molar-refractivity contribution in [1.82, 2.24) is 4.72 Å². The first-order valence-corrected chi connectivity index (χ1v) is 11.4. The topological polar surface area (TPSA) is 46.2 Å². The van der Waals surface area contributed by atoms with Gasteiger partial charge in [-0.2, -0.15) is 0 Å². The van der Waals surface area contributed by atoms with Gasteiger partial charge in [-0.3, -0.25) is 0 Å². The highest BCUT2D eigenvalue weighted by Gasteiger charge is 2.18. The lowest BCUT2D eigenvalue weighted by molar-refractivity contribution is 0.331. The monoisotopic (exact) mass is 399 g/mol. The van der Waals surface area contributed by atoms with Gasteiger partial charge in [0, 0.05) is 6.54 Å². The predicted molar refractivity (Wildman–Crippen MR) is 118 cm³/mol. The van der Waals surface area contributed by atoms with Crippen LogP contribution in [0.3, 0.4) is 0 Å². The Morgan fingerprint density at radius 3 is 2.32 bits per heavy atom. The first kappa shape index (κ1) is 22.4. The highest BCUT2D eigenvalue weighted by molar-refractivity contribution is 7.89. The summed E-state index contributed by atoms with van der Waals surface area (Å²) in [4.78, 5) is 0.320. The molecular formula is C24H33NO2S. The van der Waals surface area contributed by atoms with E-state index in [4.69, 9.17) is 0 Å². The summed E-state index contributed by atoms with van der Waals surface area (Å²) < 4.78 is 27.3. The molecule has 0 aliphatic rings. The molecule has 152 valence electrons. The van der Waals surface area contributed by atoms with Gasteiger partial charge in [-0.25, -0.2) is 13.1 Å². The molecule has 0 aliphatic carbocycles. The van der Waals surface area contributed by atoms with Crippen LogP contribution in [0.4, 0.5) is 0 Å². The number of hydrogen-bond acceptors (Lipinski definition) is 2. The zero-order chi connectivity index (χ0) is 20.6. The van der Waals surface area contributed by atoms with Gasteiger partial charge in [-0.1, -0.05) is 73.5 Å². The minimum atomic E-state index is -3.43. The molecule has 0 aromatic heterocycles. The Balaban J connectivity index is 1.79. The van der Waals surface area contributed by atoms with Gasteiger partial charge < -0.3 is 0 Å². The van der Waals surface area contributed by atoms with Gasteiger partial charge in [0.05, 0.1) is 4.90 Å². The first-order valence-electron chi connectivity index (χ1n) is 9.94. The summed E-state index contributed by atoms with van der Waals surface area (Å²) >= 11 is 0. The number of rotatable bonds is 10. The minimum absolute atomic E-state index is 0.220.